The van der Waals surface area contributed by atoms with E-state index in [4.69, 9.17) is 4.74 Å². The average Bonchev–Trinajstić information content (AvgIpc) is 2.35. The van der Waals surface area contributed by atoms with Gasteiger partial charge in [-0.1, -0.05) is 28.9 Å². The summed E-state index contributed by atoms with van der Waals surface area (Å²) in [4.78, 5) is 2.41. The molecule has 20 heavy (non-hydrogen) atoms. The zero-order valence-electron chi connectivity index (χ0n) is 12.9. The number of ether oxygens (including phenoxy) is 1. The minimum atomic E-state index is -0.0907. The molecule has 0 spiro atoms. The molecule has 0 amide bonds. The van der Waals surface area contributed by atoms with Crippen LogP contribution in [0.2, 0.25) is 0 Å². The molecule has 4 heteroatoms. The highest BCUT2D eigenvalue weighted by molar-refractivity contribution is 9.10. The van der Waals surface area contributed by atoms with Gasteiger partial charge < -0.3 is 15.0 Å². The van der Waals surface area contributed by atoms with Crippen molar-refractivity contribution in [3.63, 3.8) is 0 Å². The zero-order chi connectivity index (χ0) is 14.8. The summed E-state index contributed by atoms with van der Waals surface area (Å²) in [6.45, 7) is 12.3. The van der Waals surface area contributed by atoms with Crippen LogP contribution >= 0.6 is 15.9 Å². The summed E-state index contributed by atoms with van der Waals surface area (Å²) >= 11 is 3.69. The van der Waals surface area contributed by atoms with E-state index in [2.05, 4.69) is 72.0 Å². The van der Waals surface area contributed by atoms with Gasteiger partial charge in [-0.15, -0.1) is 0 Å². The lowest BCUT2D eigenvalue weighted by Crippen LogP contribution is -2.52. The number of halogens is 1. The second kappa shape index (κ2) is 6.46. The molecule has 0 radical (unpaired) electrons. The zero-order valence-corrected chi connectivity index (χ0v) is 14.5. The molecule has 1 aromatic carbocycles. The van der Waals surface area contributed by atoms with E-state index in [1.165, 1.54) is 15.7 Å². The molecule has 2 rings (SSSR count). The monoisotopic (exact) mass is 340 g/mol. The van der Waals surface area contributed by atoms with Crippen LogP contribution in [-0.2, 0) is 11.3 Å². The Hall–Kier alpha value is -0.580. The highest BCUT2D eigenvalue weighted by Gasteiger charge is 2.31. The number of morpholine rings is 1. The lowest BCUT2D eigenvalue weighted by atomic mass is 10.0. The topological polar surface area (TPSA) is 24.5 Å². The third kappa shape index (κ3) is 3.96. The predicted molar refractivity (Wildman–Crippen MR) is 88.4 cm³/mol. The van der Waals surface area contributed by atoms with E-state index in [9.17, 15) is 0 Å². The van der Waals surface area contributed by atoms with Crippen LogP contribution in [0.4, 0.5) is 5.69 Å². The first-order valence-corrected chi connectivity index (χ1v) is 8.12. The molecule has 1 aromatic rings. The standard InChI is InChI=1S/C16H25BrN2O/c1-5-18-9-13-6-7-14(8-15(13)17)19-10-12(2)20-16(3,4)11-19/h6-8,12,18H,5,9-11H2,1-4H3. The van der Waals surface area contributed by atoms with Crippen molar-refractivity contribution in [3.05, 3.63) is 28.2 Å². The summed E-state index contributed by atoms with van der Waals surface area (Å²) < 4.78 is 7.14. The molecule has 1 heterocycles. The molecule has 0 aliphatic carbocycles. The maximum absolute atomic E-state index is 5.97. The van der Waals surface area contributed by atoms with Gasteiger partial charge in [-0.05, 0) is 45.0 Å². The van der Waals surface area contributed by atoms with E-state index in [1.54, 1.807) is 0 Å². The van der Waals surface area contributed by atoms with Crippen molar-refractivity contribution < 1.29 is 4.74 Å². The highest BCUT2D eigenvalue weighted by Crippen LogP contribution is 2.29. The number of hydrogen-bond donors (Lipinski definition) is 1. The van der Waals surface area contributed by atoms with E-state index >= 15 is 0 Å². The van der Waals surface area contributed by atoms with Crippen LogP contribution < -0.4 is 10.2 Å². The van der Waals surface area contributed by atoms with Gasteiger partial charge in [-0.2, -0.15) is 0 Å². The van der Waals surface area contributed by atoms with Crippen molar-refractivity contribution in [2.45, 2.75) is 45.9 Å². The SMILES string of the molecule is CCNCc1ccc(N2CC(C)OC(C)(C)C2)cc1Br. The summed E-state index contributed by atoms with van der Waals surface area (Å²) in [5.74, 6) is 0. The number of benzene rings is 1. The average molecular weight is 341 g/mol. The van der Waals surface area contributed by atoms with E-state index in [0.717, 1.165) is 26.2 Å². The lowest BCUT2D eigenvalue weighted by Gasteiger charge is -2.43. The number of nitrogens with one attached hydrogen (secondary N) is 1. The van der Waals surface area contributed by atoms with Gasteiger partial charge in [0.1, 0.15) is 0 Å². The Balaban J connectivity index is 2.14. The Labute approximate surface area is 130 Å². The van der Waals surface area contributed by atoms with Gasteiger partial charge in [-0.25, -0.2) is 0 Å². The summed E-state index contributed by atoms with van der Waals surface area (Å²) in [6.07, 6.45) is 0.263. The molecule has 1 saturated heterocycles. The van der Waals surface area contributed by atoms with E-state index in [-0.39, 0.29) is 11.7 Å². The minimum absolute atomic E-state index is 0.0907. The van der Waals surface area contributed by atoms with Gasteiger partial charge in [0.2, 0.25) is 0 Å². The Bertz CT molecular complexity index is 462. The molecule has 3 nitrogen and oxygen atoms in total. The van der Waals surface area contributed by atoms with Gasteiger partial charge >= 0.3 is 0 Å². The summed E-state index contributed by atoms with van der Waals surface area (Å²) in [5.41, 5.74) is 2.48. The number of anilines is 1. The molecule has 1 N–H and O–H groups in total. The van der Waals surface area contributed by atoms with Gasteiger partial charge in [0.25, 0.3) is 0 Å². The molecule has 0 aromatic heterocycles. The van der Waals surface area contributed by atoms with E-state index < -0.39 is 0 Å². The maximum atomic E-state index is 5.97. The highest BCUT2D eigenvalue weighted by atomic mass is 79.9. The largest absolute Gasteiger partial charge is 0.369 e. The fourth-order valence-corrected chi connectivity index (χ4v) is 3.29. The Morgan fingerprint density at radius 3 is 2.80 bits per heavy atom. The molecule has 1 aliphatic rings. The van der Waals surface area contributed by atoms with Crippen molar-refractivity contribution in [2.24, 2.45) is 0 Å². The molecule has 1 unspecified atom stereocenters. The van der Waals surface area contributed by atoms with E-state index in [1.807, 2.05) is 0 Å². The molecule has 1 fully saturated rings. The predicted octanol–water partition coefficient (Wildman–Crippen LogP) is 3.56. The van der Waals surface area contributed by atoms with Gasteiger partial charge in [-0.3, -0.25) is 0 Å². The normalized spacial score (nSPS) is 22.1. The second-order valence-corrected chi connectivity index (χ2v) is 6.98. The molecule has 0 bridgehead atoms. The number of hydrogen-bond acceptors (Lipinski definition) is 3. The Morgan fingerprint density at radius 2 is 2.20 bits per heavy atom. The smallest absolute Gasteiger partial charge is 0.0805 e. The third-order valence-corrected chi connectivity index (χ3v) is 4.27. The van der Waals surface area contributed by atoms with Crippen molar-refractivity contribution in [1.29, 1.82) is 0 Å². The van der Waals surface area contributed by atoms with Crippen molar-refractivity contribution in [1.82, 2.24) is 5.32 Å². The Kier molecular flexibility index (Phi) is 5.10. The van der Waals surface area contributed by atoms with Crippen LogP contribution in [0.3, 0.4) is 0 Å². The van der Waals surface area contributed by atoms with Gasteiger partial charge in [0, 0.05) is 29.8 Å². The lowest BCUT2D eigenvalue weighted by molar-refractivity contribution is -0.0749. The van der Waals surface area contributed by atoms with Gasteiger partial charge in [0.15, 0.2) is 0 Å². The quantitative estimate of drug-likeness (QED) is 0.906. The van der Waals surface area contributed by atoms with Gasteiger partial charge in [0.05, 0.1) is 11.7 Å². The van der Waals surface area contributed by atoms with Crippen molar-refractivity contribution >= 4 is 21.6 Å². The first-order valence-electron chi connectivity index (χ1n) is 7.33. The molecular formula is C16H25BrN2O. The first-order chi connectivity index (χ1) is 9.41. The molecule has 0 saturated carbocycles. The Morgan fingerprint density at radius 1 is 1.45 bits per heavy atom. The van der Waals surface area contributed by atoms with Crippen LogP contribution in [0.15, 0.2) is 22.7 Å². The number of nitrogens with zero attached hydrogens (tertiary/aromatic N) is 1. The summed E-state index contributed by atoms with van der Waals surface area (Å²) in [6, 6.07) is 6.64. The number of rotatable bonds is 4. The fourth-order valence-electron chi connectivity index (χ4n) is 2.79. The summed E-state index contributed by atoms with van der Waals surface area (Å²) in [5, 5.41) is 3.36. The third-order valence-electron chi connectivity index (χ3n) is 3.54. The minimum Gasteiger partial charge on any atom is -0.369 e. The van der Waals surface area contributed by atoms with E-state index in [0.29, 0.717) is 0 Å². The van der Waals surface area contributed by atoms with Crippen LogP contribution in [0.25, 0.3) is 0 Å². The fraction of sp³-hybridized carbons (Fsp3) is 0.625. The van der Waals surface area contributed by atoms with Crippen LogP contribution in [0.5, 0.6) is 0 Å². The second-order valence-electron chi connectivity index (χ2n) is 6.12. The van der Waals surface area contributed by atoms with Crippen molar-refractivity contribution in [2.75, 3.05) is 24.5 Å². The van der Waals surface area contributed by atoms with Crippen LogP contribution in [0.1, 0.15) is 33.3 Å². The van der Waals surface area contributed by atoms with Crippen LogP contribution in [-0.4, -0.2) is 31.3 Å². The van der Waals surface area contributed by atoms with Crippen LogP contribution in [0, 0.1) is 0 Å². The molecular weight excluding hydrogens is 316 g/mol. The molecule has 1 atom stereocenters. The van der Waals surface area contributed by atoms with Crippen molar-refractivity contribution in [3.8, 4) is 0 Å². The maximum Gasteiger partial charge on any atom is 0.0805 e. The first kappa shape index (κ1) is 15.8. The summed E-state index contributed by atoms with van der Waals surface area (Å²) in [7, 11) is 0. The molecule has 1 aliphatic heterocycles. The molecule has 112 valence electrons.